The number of amides is 3. The van der Waals surface area contributed by atoms with Crippen LogP contribution in [0.3, 0.4) is 0 Å². The predicted molar refractivity (Wildman–Crippen MR) is 149 cm³/mol. The standard InChI is InChI=1S/C29H37N3O6S/c1-19(2)16-25(27(34)31-23(28(35)37-3)18-22-14-15-30-26(22)33)39-32-29(36)38-24(21-12-8-5-9-13-21)17-20-10-6-4-7-11-20/h4-13,19,22-25H,14-18H2,1-3H3,(H,30,33)(H,31,34)(H,32,36)/t22-,23-,24?,25-/m0/s1. The Morgan fingerprint density at radius 1 is 1.05 bits per heavy atom. The van der Waals surface area contributed by atoms with E-state index in [-0.39, 0.29) is 24.2 Å². The molecule has 0 saturated carbocycles. The molecule has 10 heteroatoms. The number of hydrogen-bond acceptors (Lipinski definition) is 7. The van der Waals surface area contributed by atoms with Crippen LogP contribution in [0.4, 0.5) is 4.79 Å². The van der Waals surface area contributed by atoms with E-state index in [0.29, 0.717) is 25.8 Å². The molecule has 39 heavy (non-hydrogen) atoms. The van der Waals surface area contributed by atoms with Crippen LogP contribution in [0, 0.1) is 11.8 Å². The Balaban J connectivity index is 1.64. The molecule has 3 rings (SSSR count). The van der Waals surface area contributed by atoms with Crippen LogP contribution < -0.4 is 15.4 Å². The maximum absolute atomic E-state index is 13.2. The highest BCUT2D eigenvalue weighted by Crippen LogP contribution is 2.24. The summed E-state index contributed by atoms with van der Waals surface area (Å²) in [7, 11) is 1.24. The molecule has 1 heterocycles. The van der Waals surface area contributed by atoms with E-state index in [2.05, 4.69) is 15.4 Å². The summed E-state index contributed by atoms with van der Waals surface area (Å²) in [4.78, 5) is 50.5. The summed E-state index contributed by atoms with van der Waals surface area (Å²) in [5.41, 5.74) is 1.88. The predicted octanol–water partition coefficient (Wildman–Crippen LogP) is 3.94. The number of ether oxygens (including phenoxy) is 2. The first-order valence-corrected chi connectivity index (χ1v) is 14.0. The maximum Gasteiger partial charge on any atom is 0.417 e. The number of rotatable bonds is 13. The van der Waals surface area contributed by atoms with Crippen molar-refractivity contribution in [3.05, 3.63) is 71.8 Å². The van der Waals surface area contributed by atoms with Crippen molar-refractivity contribution < 1.29 is 28.7 Å². The monoisotopic (exact) mass is 555 g/mol. The zero-order valence-electron chi connectivity index (χ0n) is 22.6. The number of carbonyl (C=O) groups is 4. The second-order valence-electron chi connectivity index (χ2n) is 9.93. The van der Waals surface area contributed by atoms with Crippen molar-refractivity contribution in [2.24, 2.45) is 11.8 Å². The molecule has 0 radical (unpaired) electrons. The van der Waals surface area contributed by atoms with Gasteiger partial charge in [-0.2, -0.15) is 0 Å². The van der Waals surface area contributed by atoms with Crippen LogP contribution in [0.15, 0.2) is 60.7 Å². The number of nitrogens with one attached hydrogen (secondary N) is 3. The fourth-order valence-electron chi connectivity index (χ4n) is 4.41. The van der Waals surface area contributed by atoms with E-state index in [4.69, 9.17) is 9.47 Å². The minimum absolute atomic E-state index is 0.137. The lowest BCUT2D eigenvalue weighted by atomic mass is 9.98. The Labute approximate surface area is 233 Å². The van der Waals surface area contributed by atoms with Gasteiger partial charge in [0.1, 0.15) is 17.4 Å². The molecule has 0 bridgehead atoms. The van der Waals surface area contributed by atoms with E-state index in [0.717, 1.165) is 23.1 Å². The molecule has 210 valence electrons. The molecule has 3 N–H and O–H groups in total. The summed E-state index contributed by atoms with van der Waals surface area (Å²) < 4.78 is 13.3. The second-order valence-corrected chi connectivity index (χ2v) is 10.9. The third kappa shape index (κ3) is 9.62. The van der Waals surface area contributed by atoms with Crippen molar-refractivity contribution in [2.45, 2.75) is 56.9 Å². The third-order valence-electron chi connectivity index (χ3n) is 6.43. The summed E-state index contributed by atoms with van der Waals surface area (Å²) in [6.45, 7) is 4.47. The van der Waals surface area contributed by atoms with E-state index in [1.54, 1.807) is 0 Å². The van der Waals surface area contributed by atoms with Crippen LogP contribution in [0.25, 0.3) is 0 Å². The molecule has 0 aromatic heterocycles. The van der Waals surface area contributed by atoms with Gasteiger partial charge < -0.3 is 20.1 Å². The molecule has 9 nitrogen and oxygen atoms in total. The Morgan fingerprint density at radius 2 is 1.72 bits per heavy atom. The molecule has 3 amide bonds. The highest BCUT2D eigenvalue weighted by atomic mass is 32.2. The van der Waals surface area contributed by atoms with E-state index < -0.39 is 35.4 Å². The average molecular weight is 556 g/mol. The molecule has 1 unspecified atom stereocenters. The molecule has 0 aliphatic carbocycles. The fraction of sp³-hybridized carbons (Fsp3) is 0.448. The van der Waals surface area contributed by atoms with Crippen molar-refractivity contribution in [3.63, 3.8) is 0 Å². The van der Waals surface area contributed by atoms with E-state index in [9.17, 15) is 19.2 Å². The summed E-state index contributed by atoms with van der Waals surface area (Å²) in [5, 5.41) is 4.79. The van der Waals surface area contributed by atoms with E-state index in [1.165, 1.54) is 7.11 Å². The van der Waals surface area contributed by atoms with Gasteiger partial charge in [0.2, 0.25) is 11.8 Å². The minimum Gasteiger partial charge on any atom is -0.467 e. The van der Waals surface area contributed by atoms with Crippen LogP contribution in [0.5, 0.6) is 0 Å². The average Bonchev–Trinajstić information content (AvgIpc) is 3.34. The van der Waals surface area contributed by atoms with Crippen LogP contribution in [-0.4, -0.2) is 48.8 Å². The van der Waals surface area contributed by atoms with Gasteiger partial charge in [0.05, 0.1) is 7.11 Å². The fourth-order valence-corrected chi connectivity index (χ4v) is 5.35. The van der Waals surface area contributed by atoms with Crippen molar-refractivity contribution in [2.75, 3.05) is 13.7 Å². The van der Waals surface area contributed by atoms with Gasteiger partial charge in [-0.05, 0) is 48.3 Å². The van der Waals surface area contributed by atoms with Gasteiger partial charge in [-0.1, -0.05) is 74.5 Å². The number of carbonyl (C=O) groups excluding carboxylic acids is 4. The van der Waals surface area contributed by atoms with Gasteiger partial charge in [0.15, 0.2) is 0 Å². The molecule has 1 aliphatic heterocycles. The van der Waals surface area contributed by atoms with Crippen LogP contribution in [0.2, 0.25) is 0 Å². The normalized spacial score (nSPS) is 17.0. The Bertz CT molecular complexity index is 1100. The molecule has 0 spiro atoms. The summed E-state index contributed by atoms with van der Waals surface area (Å²) in [6, 6.07) is 18.3. The first-order valence-electron chi connectivity index (χ1n) is 13.1. The topological polar surface area (TPSA) is 123 Å². The molecule has 1 fully saturated rings. The largest absolute Gasteiger partial charge is 0.467 e. The lowest BCUT2D eigenvalue weighted by molar-refractivity contribution is -0.145. The van der Waals surface area contributed by atoms with Gasteiger partial charge >= 0.3 is 12.1 Å². The molecule has 2 aromatic rings. The second kappa shape index (κ2) is 15.2. The Kier molecular flexibility index (Phi) is 11.7. The number of methoxy groups -OCH3 is 1. The summed E-state index contributed by atoms with van der Waals surface area (Å²) in [6.07, 6.45) is 0.489. The van der Waals surface area contributed by atoms with Crippen LogP contribution in [0.1, 0.15) is 50.3 Å². The van der Waals surface area contributed by atoms with Gasteiger partial charge in [-0.25, -0.2) is 9.59 Å². The Hall–Kier alpha value is -3.53. The first kappa shape index (κ1) is 30.0. The van der Waals surface area contributed by atoms with Crippen molar-refractivity contribution >= 4 is 35.8 Å². The van der Waals surface area contributed by atoms with Crippen LogP contribution in [-0.2, 0) is 30.3 Å². The highest BCUT2D eigenvalue weighted by molar-refractivity contribution is 7.99. The smallest absolute Gasteiger partial charge is 0.417 e. The van der Waals surface area contributed by atoms with Crippen molar-refractivity contribution in [3.8, 4) is 0 Å². The SMILES string of the molecule is COC(=O)[C@H](C[C@@H]1CCNC1=O)NC(=O)[C@H](CC(C)C)SNC(=O)OC(Cc1ccccc1)c1ccccc1. The van der Waals surface area contributed by atoms with E-state index >= 15 is 0 Å². The van der Waals surface area contributed by atoms with Crippen molar-refractivity contribution in [1.82, 2.24) is 15.4 Å². The number of esters is 1. The molecule has 2 aromatic carbocycles. The first-order chi connectivity index (χ1) is 18.8. The zero-order chi connectivity index (χ0) is 28.2. The lowest BCUT2D eigenvalue weighted by Crippen LogP contribution is -2.47. The summed E-state index contributed by atoms with van der Waals surface area (Å²) >= 11 is 0.946. The zero-order valence-corrected chi connectivity index (χ0v) is 23.4. The van der Waals surface area contributed by atoms with Crippen molar-refractivity contribution in [1.29, 1.82) is 0 Å². The lowest BCUT2D eigenvalue weighted by Gasteiger charge is -2.24. The molecule has 1 aliphatic rings. The molecular formula is C29H37N3O6S. The van der Waals surface area contributed by atoms with Gasteiger partial charge in [0.25, 0.3) is 0 Å². The van der Waals surface area contributed by atoms with Gasteiger partial charge in [-0.15, -0.1) is 0 Å². The van der Waals surface area contributed by atoms with Gasteiger partial charge in [-0.3, -0.25) is 14.3 Å². The molecular weight excluding hydrogens is 518 g/mol. The molecule has 1 saturated heterocycles. The maximum atomic E-state index is 13.2. The number of benzene rings is 2. The third-order valence-corrected chi connectivity index (χ3v) is 7.41. The minimum atomic E-state index is -0.966. The van der Waals surface area contributed by atoms with Gasteiger partial charge in [0, 0.05) is 18.9 Å². The highest BCUT2D eigenvalue weighted by Gasteiger charge is 2.34. The number of hydrogen-bond donors (Lipinski definition) is 3. The Morgan fingerprint density at radius 3 is 2.31 bits per heavy atom. The summed E-state index contributed by atoms with van der Waals surface area (Å²) in [5.74, 6) is -1.42. The quantitative estimate of drug-likeness (QED) is 0.253. The van der Waals surface area contributed by atoms with Crippen LogP contribution >= 0.6 is 11.9 Å². The van der Waals surface area contributed by atoms with E-state index in [1.807, 2.05) is 74.5 Å². The molecule has 4 atom stereocenters.